The van der Waals surface area contributed by atoms with Crippen LogP contribution in [0.15, 0.2) is 89.2 Å². The van der Waals surface area contributed by atoms with Crippen LogP contribution < -0.4 is 16.2 Å². The van der Waals surface area contributed by atoms with Gasteiger partial charge in [0.1, 0.15) is 17.3 Å². The molecule has 3 aromatic carbocycles. The molecular formula is C29H25N5O3. The molecule has 0 aliphatic carbocycles. The van der Waals surface area contributed by atoms with E-state index in [9.17, 15) is 19.6 Å². The van der Waals surface area contributed by atoms with Gasteiger partial charge in [0, 0.05) is 18.3 Å². The number of hydrogen-bond donors (Lipinski definition) is 2. The Kier molecular flexibility index (Phi) is 7.16. The number of aromatic nitrogens is 2. The summed E-state index contributed by atoms with van der Waals surface area (Å²) < 4.78 is 3.09. The Morgan fingerprint density at radius 3 is 2.30 bits per heavy atom. The molecule has 0 saturated carbocycles. The van der Waals surface area contributed by atoms with Crippen LogP contribution in [0, 0.1) is 25.2 Å². The highest BCUT2D eigenvalue weighted by molar-refractivity contribution is 6.10. The maximum atomic E-state index is 13.1. The van der Waals surface area contributed by atoms with E-state index >= 15 is 0 Å². The fraction of sp³-hybridized carbons (Fsp3) is 0.103. The summed E-state index contributed by atoms with van der Waals surface area (Å²) in [7, 11) is 1.72. The molecule has 0 aliphatic rings. The maximum Gasteiger partial charge on any atom is 0.295 e. The minimum absolute atomic E-state index is 0.0941. The molecule has 1 heterocycles. The first-order valence-electron chi connectivity index (χ1n) is 11.5. The second kappa shape index (κ2) is 10.6. The van der Waals surface area contributed by atoms with Crippen LogP contribution in [0.2, 0.25) is 0 Å². The summed E-state index contributed by atoms with van der Waals surface area (Å²) in [6, 6.07) is 24.9. The summed E-state index contributed by atoms with van der Waals surface area (Å²) in [5.74, 6) is -0.976. The van der Waals surface area contributed by atoms with Gasteiger partial charge in [0.2, 0.25) is 0 Å². The Morgan fingerprint density at radius 2 is 1.62 bits per heavy atom. The zero-order chi connectivity index (χ0) is 26.5. The second-order valence-electron chi connectivity index (χ2n) is 8.51. The lowest BCUT2D eigenvalue weighted by atomic mass is 10.1. The van der Waals surface area contributed by atoms with Crippen molar-refractivity contribution in [3.05, 3.63) is 117 Å². The van der Waals surface area contributed by atoms with E-state index in [2.05, 4.69) is 10.6 Å². The largest absolute Gasteiger partial charge is 0.322 e. The first kappa shape index (κ1) is 24.9. The number of nitrogens with zero attached hydrogens (tertiary/aromatic N) is 3. The van der Waals surface area contributed by atoms with Gasteiger partial charge in [-0.2, -0.15) is 5.26 Å². The van der Waals surface area contributed by atoms with Crippen molar-refractivity contribution in [3.63, 3.8) is 0 Å². The van der Waals surface area contributed by atoms with Crippen molar-refractivity contribution in [1.29, 1.82) is 5.26 Å². The number of nitriles is 1. The first-order chi connectivity index (χ1) is 17.8. The van der Waals surface area contributed by atoms with Crippen LogP contribution >= 0.6 is 0 Å². The van der Waals surface area contributed by atoms with Gasteiger partial charge >= 0.3 is 0 Å². The molecule has 4 rings (SSSR count). The predicted octanol–water partition coefficient (Wildman–Crippen LogP) is 4.59. The highest BCUT2D eigenvalue weighted by Crippen LogP contribution is 2.18. The summed E-state index contributed by atoms with van der Waals surface area (Å²) in [6.07, 6.45) is 1.41. The molecule has 0 aliphatic heterocycles. The topological polar surface area (TPSA) is 109 Å². The fourth-order valence-electron chi connectivity index (χ4n) is 3.82. The second-order valence-corrected chi connectivity index (χ2v) is 8.51. The highest BCUT2D eigenvalue weighted by atomic mass is 16.2. The Hall–Kier alpha value is -5.16. The van der Waals surface area contributed by atoms with Crippen molar-refractivity contribution < 1.29 is 9.59 Å². The lowest BCUT2D eigenvalue weighted by molar-refractivity contribution is -0.112. The third-order valence-electron chi connectivity index (χ3n) is 5.93. The van der Waals surface area contributed by atoms with Crippen molar-refractivity contribution in [2.75, 3.05) is 10.6 Å². The average Bonchev–Trinajstić information content (AvgIpc) is 3.11. The predicted molar refractivity (Wildman–Crippen MR) is 144 cm³/mol. The van der Waals surface area contributed by atoms with Crippen molar-refractivity contribution in [1.82, 2.24) is 9.36 Å². The number of aryl methyl sites for hydroxylation is 1. The van der Waals surface area contributed by atoms with Gasteiger partial charge in [-0.05, 0) is 61.9 Å². The van der Waals surface area contributed by atoms with Crippen LogP contribution in [-0.2, 0) is 11.8 Å². The molecule has 2 amide bonds. The summed E-state index contributed by atoms with van der Waals surface area (Å²) in [5, 5.41) is 15.1. The van der Waals surface area contributed by atoms with Gasteiger partial charge < -0.3 is 10.6 Å². The highest BCUT2D eigenvalue weighted by Gasteiger charge is 2.20. The Labute approximate surface area is 214 Å². The SMILES string of the molecule is Cc1ccc(C(=O)Nc2cccc(/C=C(\C#N)C(=O)Nc3c(C)n(C)n(-c4ccccc4)c3=O)c2)cc1. The van der Waals surface area contributed by atoms with Gasteiger partial charge in [-0.1, -0.05) is 48.0 Å². The van der Waals surface area contributed by atoms with Gasteiger partial charge in [-0.15, -0.1) is 0 Å². The van der Waals surface area contributed by atoms with Crippen LogP contribution in [0.25, 0.3) is 11.8 Å². The van der Waals surface area contributed by atoms with Crippen molar-refractivity contribution in [3.8, 4) is 11.8 Å². The van der Waals surface area contributed by atoms with E-state index in [-0.39, 0.29) is 17.2 Å². The molecule has 0 radical (unpaired) electrons. The third-order valence-corrected chi connectivity index (χ3v) is 5.93. The third kappa shape index (κ3) is 5.41. The zero-order valence-electron chi connectivity index (χ0n) is 20.6. The normalized spacial score (nSPS) is 11.0. The first-order valence-corrected chi connectivity index (χ1v) is 11.5. The summed E-state index contributed by atoms with van der Waals surface area (Å²) in [5.41, 5.74) is 3.32. The van der Waals surface area contributed by atoms with E-state index in [0.29, 0.717) is 28.2 Å². The number of carbonyl (C=O) groups excluding carboxylic acids is 2. The number of para-hydroxylation sites is 1. The Bertz CT molecular complexity index is 1600. The number of hydrogen-bond acceptors (Lipinski definition) is 4. The number of amides is 2. The van der Waals surface area contributed by atoms with E-state index in [4.69, 9.17) is 0 Å². The van der Waals surface area contributed by atoms with Crippen molar-refractivity contribution >= 4 is 29.3 Å². The zero-order valence-corrected chi connectivity index (χ0v) is 20.6. The van der Waals surface area contributed by atoms with E-state index < -0.39 is 11.5 Å². The van der Waals surface area contributed by atoms with Gasteiger partial charge in [0.05, 0.1) is 11.4 Å². The number of carbonyl (C=O) groups is 2. The lowest BCUT2D eigenvalue weighted by Crippen LogP contribution is -2.23. The molecule has 4 aromatic rings. The maximum absolute atomic E-state index is 13.1. The molecule has 1 aromatic heterocycles. The molecule has 0 atom stereocenters. The molecule has 37 heavy (non-hydrogen) atoms. The van der Waals surface area contributed by atoms with Crippen LogP contribution in [0.5, 0.6) is 0 Å². The molecule has 8 nitrogen and oxygen atoms in total. The Balaban J connectivity index is 1.56. The van der Waals surface area contributed by atoms with E-state index in [1.165, 1.54) is 10.8 Å². The fourth-order valence-corrected chi connectivity index (χ4v) is 3.82. The van der Waals surface area contributed by atoms with E-state index in [1.807, 2.05) is 43.3 Å². The molecule has 0 fully saturated rings. The van der Waals surface area contributed by atoms with Gasteiger partial charge in [0.25, 0.3) is 17.4 Å². The molecule has 0 saturated heterocycles. The van der Waals surface area contributed by atoms with Crippen molar-refractivity contribution in [2.45, 2.75) is 13.8 Å². The molecule has 0 unspecified atom stereocenters. The summed E-state index contributed by atoms with van der Waals surface area (Å²) in [6.45, 7) is 3.66. The van der Waals surface area contributed by atoms with Crippen LogP contribution in [-0.4, -0.2) is 21.2 Å². The Morgan fingerprint density at radius 1 is 0.919 bits per heavy atom. The monoisotopic (exact) mass is 491 g/mol. The molecule has 8 heteroatoms. The molecular weight excluding hydrogens is 466 g/mol. The smallest absolute Gasteiger partial charge is 0.295 e. The van der Waals surface area contributed by atoms with E-state index in [1.54, 1.807) is 67.2 Å². The van der Waals surface area contributed by atoms with Gasteiger partial charge in [0.15, 0.2) is 0 Å². The summed E-state index contributed by atoms with van der Waals surface area (Å²) in [4.78, 5) is 38.6. The quantitative estimate of drug-likeness (QED) is 0.304. The van der Waals surface area contributed by atoms with Crippen LogP contribution in [0.1, 0.15) is 27.2 Å². The lowest BCUT2D eigenvalue weighted by Gasteiger charge is -2.07. The summed E-state index contributed by atoms with van der Waals surface area (Å²) >= 11 is 0. The number of anilines is 2. The number of rotatable bonds is 6. The average molecular weight is 492 g/mol. The minimum atomic E-state index is -0.706. The molecule has 0 bridgehead atoms. The van der Waals surface area contributed by atoms with Crippen LogP contribution in [0.4, 0.5) is 11.4 Å². The molecule has 0 spiro atoms. The molecule has 184 valence electrons. The van der Waals surface area contributed by atoms with Crippen molar-refractivity contribution in [2.24, 2.45) is 7.05 Å². The minimum Gasteiger partial charge on any atom is -0.322 e. The van der Waals surface area contributed by atoms with Gasteiger partial charge in [-0.3, -0.25) is 19.1 Å². The standard InChI is InChI=1S/C29H25N5O3/c1-19-12-14-22(15-13-19)27(35)31-24-9-7-8-21(17-24)16-23(18-30)28(36)32-26-20(2)33(3)34(29(26)37)25-10-5-4-6-11-25/h4-17H,1-3H3,(H,31,35)(H,32,36)/b23-16+. The molecule has 2 N–H and O–H groups in total. The number of nitrogens with one attached hydrogen (secondary N) is 2. The van der Waals surface area contributed by atoms with Gasteiger partial charge in [-0.25, -0.2) is 4.68 Å². The van der Waals surface area contributed by atoms with Crippen LogP contribution in [0.3, 0.4) is 0 Å². The number of benzene rings is 3. The van der Waals surface area contributed by atoms with E-state index in [0.717, 1.165) is 5.56 Å².